The van der Waals surface area contributed by atoms with Crippen molar-refractivity contribution >= 4 is 21.9 Å². The molecule has 3 heteroatoms. The van der Waals surface area contributed by atoms with Crippen LogP contribution in [0.3, 0.4) is 0 Å². The Labute approximate surface area is 175 Å². The lowest BCUT2D eigenvalue weighted by atomic mass is 10.0. The van der Waals surface area contributed by atoms with Gasteiger partial charge in [-0.25, -0.2) is 0 Å². The van der Waals surface area contributed by atoms with Crippen molar-refractivity contribution in [3.05, 3.63) is 70.5 Å². The van der Waals surface area contributed by atoms with Gasteiger partial charge < -0.3 is 4.57 Å². The molecule has 0 radical (unpaired) electrons. The molecule has 0 amide bonds. The lowest BCUT2D eigenvalue weighted by Crippen LogP contribution is -2.20. The Balaban J connectivity index is 0.000000644. The first-order valence-electron chi connectivity index (χ1n) is 10.7. The number of aromatic nitrogens is 2. The molecule has 0 fully saturated rings. The fraction of sp³-hybridized carbons (Fsp3) is 0.346. The molecule has 2 heterocycles. The van der Waals surface area contributed by atoms with E-state index < -0.39 is 0 Å². The summed E-state index contributed by atoms with van der Waals surface area (Å²) in [5.74, 6) is 0. The Morgan fingerprint density at radius 1 is 0.690 bits per heavy atom. The largest absolute Gasteiger partial charge is 0.330 e. The molecule has 0 aliphatic heterocycles. The van der Waals surface area contributed by atoms with Gasteiger partial charge >= 0.3 is 0 Å². The highest BCUT2D eigenvalue weighted by molar-refractivity contribution is 6.08. The van der Waals surface area contributed by atoms with E-state index in [9.17, 15) is 4.79 Å². The zero-order valence-electron chi connectivity index (χ0n) is 19.5. The SMILES string of the molecule is CC.CC.CC.Cc1ccc2c(c1)c1cc(-c3ccccc3)c(=O)n(C)c1n2C. The zero-order valence-corrected chi connectivity index (χ0v) is 19.5. The second-order valence-corrected chi connectivity index (χ2v) is 6.11. The number of rotatable bonds is 1. The molecule has 0 N–H and O–H groups in total. The second-order valence-electron chi connectivity index (χ2n) is 6.11. The molecule has 0 aliphatic carbocycles. The first-order valence-corrected chi connectivity index (χ1v) is 10.7. The summed E-state index contributed by atoms with van der Waals surface area (Å²) in [6.45, 7) is 14.1. The highest BCUT2D eigenvalue weighted by atomic mass is 16.1. The molecule has 0 spiro atoms. The topological polar surface area (TPSA) is 26.9 Å². The molecule has 29 heavy (non-hydrogen) atoms. The van der Waals surface area contributed by atoms with Gasteiger partial charge in [0.2, 0.25) is 0 Å². The van der Waals surface area contributed by atoms with Crippen molar-refractivity contribution < 1.29 is 0 Å². The predicted molar refractivity (Wildman–Crippen MR) is 130 cm³/mol. The highest BCUT2D eigenvalue weighted by Gasteiger charge is 2.15. The van der Waals surface area contributed by atoms with Gasteiger partial charge in [-0.15, -0.1) is 0 Å². The predicted octanol–water partition coefficient (Wildman–Crippen LogP) is 7.08. The summed E-state index contributed by atoms with van der Waals surface area (Å²) in [5, 5.41) is 2.31. The first kappa shape index (κ1) is 24.2. The second kappa shape index (κ2) is 11.3. The molecule has 0 aliphatic rings. The molecule has 0 atom stereocenters. The fourth-order valence-corrected chi connectivity index (χ4v) is 3.43. The van der Waals surface area contributed by atoms with E-state index in [2.05, 4.69) is 29.7 Å². The lowest BCUT2D eigenvalue weighted by molar-refractivity contribution is 0.846. The molecule has 0 unspecified atom stereocenters. The van der Waals surface area contributed by atoms with E-state index in [1.54, 1.807) is 4.57 Å². The number of pyridine rings is 1. The van der Waals surface area contributed by atoms with Crippen LogP contribution in [0.4, 0.5) is 0 Å². The fourth-order valence-electron chi connectivity index (χ4n) is 3.43. The summed E-state index contributed by atoms with van der Waals surface area (Å²) in [6.07, 6.45) is 0. The molecule has 0 saturated carbocycles. The minimum Gasteiger partial charge on any atom is -0.330 e. The Morgan fingerprint density at radius 2 is 1.28 bits per heavy atom. The molecule has 4 aromatic rings. The molecule has 4 rings (SSSR count). The van der Waals surface area contributed by atoms with E-state index in [4.69, 9.17) is 0 Å². The van der Waals surface area contributed by atoms with Crippen LogP contribution < -0.4 is 5.56 Å². The van der Waals surface area contributed by atoms with Crippen LogP contribution in [0, 0.1) is 6.92 Å². The maximum absolute atomic E-state index is 12.8. The Hall–Kier alpha value is -2.81. The minimum atomic E-state index is 0.0336. The van der Waals surface area contributed by atoms with Gasteiger partial charge in [0, 0.05) is 30.4 Å². The van der Waals surface area contributed by atoms with Gasteiger partial charge in [0.1, 0.15) is 5.65 Å². The van der Waals surface area contributed by atoms with Crippen molar-refractivity contribution in [3.63, 3.8) is 0 Å². The third-order valence-electron chi connectivity index (χ3n) is 4.59. The van der Waals surface area contributed by atoms with Crippen LogP contribution in [-0.2, 0) is 14.1 Å². The van der Waals surface area contributed by atoms with Crippen molar-refractivity contribution in [2.24, 2.45) is 14.1 Å². The van der Waals surface area contributed by atoms with Crippen molar-refractivity contribution in [1.82, 2.24) is 9.13 Å². The average Bonchev–Trinajstić information content (AvgIpc) is 3.06. The molecule has 0 saturated heterocycles. The lowest BCUT2D eigenvalue weighted by Gasteiger charge is -2.08. The van der Waals surface area contributed by atoms with Gasteiger partial charge in [-0.2, -0.15) is 0 Å². The first-order chi connectivity index (χ1) is 14.1. The Kier molecular flexibility index (Phi) is 9.40. The maximum atomic E-state index is 12.8. The van der Waals surface area contributed by atoms with Gasteiger partial charge in [0.15, 0.2) is 0 Å². The number of aryl methyl sites for hydroxylation is 3. The van der Waals surface area contributed by atoms with E-state index in [-0.39, 0.29) is 5.56 Å². The van der Waals surface area contributed by atoms with Crippen LogP contribution in [0.1, 0.15) is 47.1 Å². The molecular weight excluding hydrogens is 356 g/mol. The third-order valence-corrected chi connectivity index (χ3v) is 4.59. The van der Waals surface area contributed by atoms with Gasteiger partial charge in [0.05, 0.1) is 5.52 Å². The molecule has 156 valence electrons. The standard InChI is InChI=1S/C20H18N2O.3C2H6/c1-13-9-10-18-16(11-13)17-12-15(14-7-5-4-6-8-14)20(23)22(3)19(17)21(18)2;3*1-2/h4-12H,1-3H3;3*1-2H3. The van der Waals surface area contributed by atoms with Crippen molar-refractivity contribution in [2.45, 2.75) is 48.5 Å². The van der Waals surface area contributed by atoms with Crippen LogP contribution in [-0.4, -0.2) is 9.13 Å². The zero-order chi connectivity index (χ0) is 22.1. The monoisotopic (exact) mass is 392 g/mol. The summed E-state index contributed by atoms with van der Waals surface area (Å²) in [5.41, 5.74) is 5.06. The van der Waals surface area contributed by atoms with Crippen LogP contribution in [0.5, 0.6) is 0 Å². The molecule has 2 aromatic carbocycles. The molecule has 2 aromatic heterocycles. The summed E-state index contributed by atoms with van der Waals surface area (Å²) in [7, 11) is 3.87. The van der Waals surface area contributed by atoms with E-state index in [0.29, 0.717) is 0 Å². The summed E-state index contributed by atoms with van der Waals surface area (Å²) in [6, 6.07) is 18.3. The normalized spacial score (nSPS) is 9.69. The molecule has 0 bridgehead atoms. The Morgan fingerprint density at radius 3 is 1.86 bits per heavy atom. The van der Waals surface area contributed by atoms with Crippen molar-refractivity contribution in [3.8, 4) is 11.1 Å². The van der Waals surface area contributed by atoms with Crippen molar-refractivity contribution in [1.29, 1.82) is 0 Å². The van der Waals surface area contributed by atoms with E-state index in [1.807, 2.05) is 92.0 Å². The highest BCUT2D eigenvalue weighted by Crippen LogP contribution is 2.30. The molecule has 3 nitrogen and oxygen atoms in total. The van der Waals surface area contributed by atoms with E-state index in [1.165, 1.54) is 10.9 Å². The van der Waals surface area contributed by atoms with Gasteiger partial charge in [-0.05, 0) is 30.7 Å². The van der Waals surface area contributed by atoms with Gasteiger partial charge in [-0.3, -0.25) is 9.36 Å². The van der Waals surface area contributed by atoms with Gasteiger partial charge in [0.25, 0.3) is 5.56 Å². The number of nitrogens with zero attached hydrogens (tertiary/aromatic N) is 2. The minimum absolute atomic E-state index is 0.0336. The van der Waals surface area contributed by atoms with Crippen molar-refractivity contribution in [2.75, 3.05) is 0 Å². The maximum Gasteiger partial charge on any atom is 0.259 e. The molecular formula is C26H36N2O. The Bertz CT molecular complexity index is 1100. The summed E-state index contributed by atoms with van der Waals surface area (Å²) < 4.78 is 3.85. The van der Waals surface area contributed by atoms with E-state index >= 15 is 0 Å². The van der Waals surface area contributed by atoms with Crippen LogP contribution >= 0.6 is 0 Å². The average molecular weight is 393 g/mol. The smallest absolute Gasteiger partial charge is 0.259 e. The third kappa shape index (κ3) is 4.61. The van der Waals surface area contributed by atoms with Gasteiger partial charge in [-0.1, -0.05) is 83.5 Å². The summed E-state index contributed by atoms with van der Waals surface area (Å²) >= 11 is 0. The number of hydrogen-bond donors (Lipinski definition) is 0. The quantitative estimate of drug-likeness (QED) is 0.340. The van der Waals surface area contributed by atoms with Crippen LogP contribution in [0.25, 0.3) is 33.1 Å². The number of fused-ring (bicyclic) bond motifs is 3. The summed E-state index contributed by atoms with van der Waals surface area (Å²) in [4.78, 5) is 12.8. The van der Waals surface area contributed by atoms with E-state index in [0.717, 1.165) is 27.7 Å². The van der Waals surface area contributed by atoms with Crippen LogP contribution in [0.15, 0.2) is 59.4 Å². The number of benzene rings is 2. The number of hydrogen-bond acceptors (Lipinski definition) is 1. The van der Waals surface area contributed by atoms with Crippen LogP contribution in [0.2, 0.25) is 0 Å².